The molecule has 1 saturated carbocycles. The van der Waals surface area contributed by atoms with Crippen LogP contribution in [0, 0.1) is 17.3 Å². The van der Waals surface area contributed by atoms with E-state index in [4.69, 9.17) is 5.73 Å². The highest BCUT2D eigenvalue weighted by Gasteiger charge is 2.45. The fourth-order valence-corrected chi connectivity index (χ4v) is 3.21. The quantitative estimate of drug-likeness (QED) is 0.902. The Morgan fingerprint density at radius 3 is 2.75 bits per heavy atom. The number of aromatic nitrogens is 1. The van der Waals surface area contributed by atoms with Crippen molar-refractivity contribution in [1.82, 2.24) is 4.98 Å². The summed E-state index contributed by atoms with van der Waals surface area (Å²) < 4.78 is 0. The van der Waals surface area contributed by atoms with Crippen LogP contribution in [0.15, 0.2) is 24.5 Å². The summed E-state index contributed by atoms with van der Waals surface area (Å²) >= 11 is 0. The molecule has 0 aliphatic heterocycles. The highest BCUT2D eigenvalue weighted by Crippen LogP contribution is 2.45. The van der Waals surface area contributed by atoms with Crippen molar-refractivity contribution in [2.24, 2.45) is 23.0 Å². The third-order valence-corrected chi connectivity index (χ3v) is 5.16. The summed E-state index contributed by atoms with van der Waals surface area (Å²) in [6.07, 6.45) is 5.22. The van der Waals surface area contributed by atoms with Gasteiger partial charge in [0.05, 0.1) is 11.9 Å². The highest BCUT2D eigenvalue weighted by atomic mass is 16.2. The van der Waals surface area contributed by atoms with Gasteiger partial charge in [-0.05, 0) is 36.3 Å². The molecule has 1 heterocycles. The van der Waals surface area contributed by atoms with E-state index in [1.165, 1.54) is 0 Å². The third kappa shape index (κ3) is 2.57. The maximum atomic E-state index is 12.8. The van der Waals surface area contributed by atoms with Crippen LogP contribution < -0.4 is 10.6 Å². The number of hydrogen-bond acceptors (Lipinski definition) is 3. The fraction of sp³-hybridized carbons (Fsp3) is 0.625. The number of amides is 1. The summed E-state index contributed by atoms with van der Waals surface area (Å²) in [5.41, 5.74) is 6.93. The molecule has 4 heteroatoms. The molecule has 0 bridgehead atoms. The number of hydrogen-bond donors (Lipinski definition) is 1. The molecule has 1 aliphatic carbocycles. The number of nitrogens with two attached hydrogens (primary N) is 1. The molecule has 4 nitrogen and oxygen atoms in total. The summed E-state index contributed by atoms with van der Waals surface area (Å²) in [7, 11) is 1.83. The molecule has 1 fully saturated rings. The highest BCUT2D eigenvalue weighted by molar-refractivity contribution is 5.94. The summed E-state index contributed by atoms with van der Waals surface area (Å²) in [5, 5.41) is 0. The first-order valence-corrected chi connectivity index (χ1v) is 7.29. The Kier molecular flexibility index (Phi) is 4.14. The van der Waals surface area contributed by atoms with Crippen LogP contribution in [0.5, 0.6) is 0 Å². The molecule has 0 saturated heterocycles. The van der Waals surface area contributed by atoms with Crippen molar-refractivity contribution >= 4 is 11.6 Å². The van der Waals surface area contributed by atoms with E-state index in [1.54, 1.807) is 17.3 Å². The lowest BCUT2D eigenvalue weighted by Gasteiger charge is -2.46. The van der Waals surface area contributed by atoms with E-state index >= 15 is 0 Å². The molecule has 1 amide bonds. The Labute approximate surface area is 121 Å². The van der Waals surface area contributed by atoms with Crippen LogP contribution in [-0.2, 0) is 4.79 Å². The number of nitrogens with zero attached hydrogens (tertiary/aromatic N) is 2. The van der Waals surface area contributed by atoms with E-state index in [-0.39, 0.29) is 23.3 Å². The lowest BCUT2D eigenvalue weighted by Crippen LogP contribution is -2.52. The van der Waals surface area contributed by atoms with E-state index in [9.17, 15) is 4.79 Å². The number of anilines is 1. The normalized spacial score (nSPS) is 28.9. The molecule has 2 N–H and O–H groups in total. The van der Waals surface area contributed by atoms with E-state index in [0.717, 1.165) is 18.5 Å². The van der Waals surface area contributed by atoms with Crippen molar-refractivity contribution in [3.63, 3.8) is 0 Å². The molecule has 110 valence electrons. The predicted molar refractivity (Wildman–Crippen MR) is 81.3 cm³/mol. The molecule has 20 heavy (non-hydrogen) atoms. The lowest BCUT2D eigenvalue weighted by molar-refractivity contribution is -0.129. The Morgan fingerprint density at radius 2 is 2.15 bits per heavy atom. The van der Waals surface area contributed by atoms with Crippen molar-refractivity contribution < 1.29 is 4.79 Å². The molecule has 1 aliphatic rings. The summed E-state index contributed by atoms with van der Waals surface area (Å²) in [4.78, 5) is 18.6. The van der Waals surface area contributed by atoms with Crippen LogP contribution in [0.1, 0.15) is 33.6 Å². The molecule has 1 aromatic rings. The topological polar surface area (TPSA) is 59.2 Å². The second kappa shape index (κ2) is 5.52. The minimum absolute atomic E-state index is 0.0162. The van der Waals surface area contributed by atoms with Crippen LogP contribution in [0.3, 0.4) is 0 Å². The first-order chi connectivity index (χ1) is 9.35. The van der Waals surface area contributed by atoms with Crippen LogP contribution >= 0.6 is 0 Å². The molecular formula is C16H25N3O. The monoisotopic (exact) mass is 275 g/mol. The van der Waals surface area contributed by atoms with E-state index in [2.05, 4.69) is 25.8 Å². The van der Waals surface area contributed by atoms with Gasteiger partial charge in [0.25, 0.3) is 0 Å². The average molecular weight is 275 g/mol. The van der Waals surface area contributed by atoms with E-state index in [1.807, 2.05) is 19.2 Å². The molecular weight excluding hydrogens is 250 g/mol. The van der Waals surface area contributed by atoms with Crippen LogP contribution in [0.2, 0.25) is 0 Å². The smallest absolute Gasteiger partial charge is 0.230 e. The van der Waals surface area contributed by atoms with Gasteiger partial charge >= 0.3 is 0 Å². The average Bonchev–Trinajstić information content (AvgIpc) is 2.44. The largest absolute Gasteiger partial charge is 0.327 e. The van der Waals surface area contributed by atoms with E-state index in [0.29, 0.717) is 5.92 Å². The fourth-order valence-electron chi connectivity index (χ4n) is 3.21. The SMILES string of the molecule is CC1C(N)CCC(C(=O)N(C)c2cccnc2)C1(C)C. The van der Waals surface area contributed by atoms with E-state index < -0.39 is 0 Å². The first-order valence-electron chi connectivity index (χ1n) is 7.29. The Hall–Kier alpha value is -1.42. The molecule has 0 spiro atoms. The standard InChI is InChI=1S/C16H25N3O/c1-11-14(17)8-7-13(16(11,2)3)15(20)19(4)12-6-5-9-18-10-12/h5-6,9-11,13-14H,7-8,17H2,1-4H3. The molecule has 3 unspecified atom stereocenters. The number of pyridine rings is 1. The minimum atomic E-state index is -0.0782. The molecule has 0 radical (unpaired) electrons. The third-order valence-electron chi connectivity index (χ3n) is 5.16. The van der Waals surface area contributed by atoms with Gasteiger partial charge in [0.15, 0.2) is 0 Å². The number of carbonyl (C=O) groups is 1. The van der Waals surface area contributed by atoms with Crippen LogP contribution in [0.25, 0.3) is 0 Å². The van der Waals surface area contributed by atoms with Crippen molar-refractivity contribution in [1.29, 1.82) is 0 Å². The minimum Gasteiger partial charge on any atom is -0.327 e. The van der Waals surface area contributed by atoms with Gasteiger partial charge in [-0.25, -0.2) is 0 Å². The summed E-state index contributed by atoms with van der Waals surface area (Å²) in [6, 6.07) is 3.96. The Balaban J connectivity index is 2.21. The van der Waals surface area contributed by atoms with Gasteiger partial charge in [-0.1, -0.05) is 20.8 Å². The number of rotatable bonds is 2. The Morgan fingerprint density at radius 1 is 1.45 bits per heavy atom. The predicted octanol–water partition coefficient (Wildman–Crippen LogP) is 2.44. The zero-order chi connectivity index (χ0) is 14.9. The second-order valence-electron chi connectivity index (χ2n) is 6.51. The van der Waals surface area contributed by atoms with Gasteiger partial charge in [-0.3, -0.25) is 9.78 Å². The van der Waals surface area contributed by atoms with Gasteiger partial charge in [0.1, 0.15) is 0 Å². The van der Waals surface area contributed by atoms with Gasteiger partial charge in [-0.15, -0.1) is 0 Å². The van der Waals surface area contributed by atoms with Crippen molar-refractivity contribution in [3.05, 3.63) is 24.5 Å². The molecule has 3 atom stereocenters. The summed E-state index contributed by atoms with van der Waals surface area (Å²) in [6.45, 7) is 6.49. The van der Waals surface area contributed by atoms with Gasteiger partial charge in [0, 0.05) is 25.2 Å². The zero-order valence-electron chi connectivity index (χ0n) is 12.8. The molecule has 1 aromatic heterocycles. The number of carbonyl (C=O) groups excluding carboxylic acids is 1. The molecule has 2 rings (SSSR count). The van der Waals surface area contributed by atoms with Crippen molar-refractivity contribution in [2.75, 3.05) is 11.9 Å². The van der Waals surface area contributed by atoms with Crippen LogP contribution in [0.4, 0.5) is 5.69 Å². The van der Waals surface area contributed by atoms with Crippen LogP contribution in [-0.4, -0.2) is 24.0 Å². The maximum absolute atomic E-state index is 12.8. The zero-order valence-corrected chi connectivity index (χ0v) is 12.8. The summed E-state index contributed by atoms with van der Waals surface area (Å²) in [5.74, 6) is 0.525. The van der Waals surface area contributed by atoms with Gasteiger partial charge < -0.3 is 10.6 Å². The maximum Gasteiger partial charge on any atom is 0.230 e. The van der Waals surface area contributed by atoms with Gasteiger partial charge in [-0.2, -0.15) is 0 Å². The van der Waals surface area contributed by atoms with Crippen molar-refractivity contribution in [2.45, 2.75) is 39.7 Å². The second-order valence-corrected chi connectivity index (χ2v) is 6.51. The molecule has 0 aromatic carbocycles. The van der Waals surface area contributed by atoms with Crippen molar-refractivity contribution in [3.8, 4) is 0 Å². The van der Waals surface area contributed by atoms with Gasteiger partial charge in [0.2, 0.25) is 5.91 Å². The first kappa shape index (κ1) is 15.0. The lowest BCUT2D eigenvalue weighted by atomic mass is 9.60. The Bertz CT molecular complexity index is 472.